The third-order valence-corrected chi connectivity index (χ3v) is 3.97. The molecule has 2 rings (SSSR count). The minimum absolute atomic E-state index is 0.384. The van der Waals surface area contributed by atoms with Crippen LogP contribution in [-0.4, -0.2) is 34.1 Å². The van der Waals surface area contributed by atoms with Crippen LogP contribution in [0.4, 0.5) is 11.9 Å². The molecule has 6 nitrogen and oxygen atoms in total. The van der Waals surface area contributed by atoms with Crippen molar-refractivity contribution in [2.75, 3.05) is 23.8 Å². The van der Waals surface area contributed by atoms with Crippen LogP contribution in [0.15, 0.2) is 0 Å². The molecule has 1 fully saturated rings. The first-order valence-electron chi connectivity index (χ1n) is 8.16. The van der Waals surface area contributed by atoms with Crippen LogP contribution in [-0.2, 0) is 0 Å². The topological polar surface area (TPSA) is 72.0 Å². The van der Waals surface area contributed by atoms with Crippen LogP contribution in [0.1, 0.15) is 52.9 Å². The van der Waals surface area contributed by atoms with Gasteiger partial charge in [0.1, 0.15) is 0 Å². The van der Waals surface area contributed by atoms with Crippen LogP contribution < -0.4 is 15.4 Å². The summed E-state index contributed by atoms with van der Waals surface area (Å²) in [6, 6.07) is 0.838. The zero-order chi connectivity index (χ0) is 15.1. The van der Waals surface area contributed by atoms with Crippen molar-refractivity contribution < 1.29 is 4.74 Å². The van der Waals surface area contributed by atoms with Crippen molar-refractivity contribution in [3.8, 4) is 6.01 Å². The van der Waals surface area contributed by atoms with Crippen LogP contribution >= 0.6 is 0 Å². The van der Waals surface area contributed by atoms with Crippen LogP contribution in [0.3, 0.4) is 0 Å². The maximum atomic E-state index is 5.43. The van der Waals surface area contributed by atoms with Gasteiger partial charge in [-0.1, -0.05) is 26.2 Å². The van der Waals surface area contributed by atoms with E-state index < -0.39 is 0 Å². The summed E-state index contributed by atoms with van der Waals surface area (Å²) in [5.41, 5.74) is 0. The standard InChI is InChI=1S/C15H27N5O/c1-4-11-9-7-8-10-12(11)17-14-18-13(16-5-2)19-15(20-14)21-6-3/h11-12H,4-10H2,1-3H3,(H2,16,17,18,19,20). The lowest BCUT2D eigenvalue weighted by Gasteiger charge is -2.31. The summed E-state index contributed by atoms with van der Waals surface area (Å²) in [5, 5.41) is 6.62. The summed E-state index contributed by atoms with van der Waals surface area (Å²) in [6.45, 7) is 7.53. The molecular formula is C15H27N5O. The molecule has 2 atom stereocenters. The Morgan fingerprint density at radius 2 is 1.81 bits per heavy atom. The fourth-order valence-corrected chi connectivity index (χ4v) is 2.90. The largest absolute Gasteiger partial charge is 0.464 e. The van der Waals surface area contributed by atoms with Crippen molar-refractivity contribution in [2.24, 2.45) is 5.92 Å². The predicted molar refractivity (Wildman–Crippen MR) is 84.8 cm³/mol. The normalized spacial score (nSPS) is 21.9. The first-order valence-corrected chi connectivity index (χ1v) is 8.16. The van der Waals surface area contributed by atoms with E-state index in [1.807, 2.05) is 13.8 Å². The second-order valence-corrected chi connectivity index (χ2v) is 5.43. The number of nitrogens with zero attached hydrogens (tertiary/aromatic N) is 3. The number of nitrogens with one attached hydrogen (secondary N) is 2. The summed E-state index contributed by atoms with van der Waals surface area (Å²) in [5.74, 6) is 1.89. The molecular weight excluding hydrogens is 266 g/mol. The van der Waals surface area contributed by atoms with Gasteiger partial charge in [-0.05, 0) is 32.6 Å². The molecule has 1 saturated carbocycles. The maximum absolute atomic E-state index is 5.43. The highest BCUT2D eigenvalue weighted by molar-refractivity contribution is 5.36. The van der Waals surface area contributed by atoms with Gasteiger partial charge in [0.05, 0.1) is 6.61 Å². The molecule has 0 spiro atoms. The van der Waals surface area contributed by atoms with Crippen LogP contribution in [0, 0.1) is 5.92 Å². The summed E-state index contributed by atoms with van der Waals surface area (Å²) < 4.78 is 5.43. The minimum atomic E-state index is 0.384. The highest BCUT2D eigenvalue weighted by atomic mass is 16.5. The Hall–Kier alpha value is -1.59. The van der Waals surface area contributed by atoms with E-state index in [9.17, 15) is 0 Å². The average Bonchev–Trinajstić information content (AvgIpc) is 2.48. The zero-order valence-corrected chi connectivity index (χ0v) is 13.4. The van der Waals surface area contributed by atoms with E-state index in [4.69, 9.17) is 4.74 Å². The number of rotatable bonds is 7. The van der Waals surface area contributed by atoms with Crippen molar-refractivity contribution in [1.29, 1.82) is 0 Å². The van der Waals surface area contributed by atoms with Gasteiger partial charge in [0, 0.05) is 12.6 Å². The van der Waals surface area contributed by atoms with Gasteiger partial charge in [-0.15, -0.1) is 0 Å². The van der Waals surface area contributed by atoms with Gasteiger partial charge in [-0.25, -0.2) is 0 Å². The average molecular weight is 293 g/mol. The molecule has 0 aromatic carbocycles. The van der Waals surface area contributed by atoms with Gasteiger partial charge < -0.3 is 15.4 Å². The zero-order valence-electron chi connectivity index (χ0n) is 13.4. The van der Waals surface area contributed by atoms with Gasteiger partial charge in [-0.2, -0.15) is 15.0 Å². The second kappa shape index (κ2) is 8.00. The lowest BCUT2D eigenvalue weighted by Crippen LogP contribution is -2.32. The Labute approximate surface area is 127 Å². The van der Waals surface area contributed by atoms with Crippen molar-refractivity contribution in [1.82, 2.24) is 15.0 Å². The molecule has 1 aromatic rings. The van der Waals surface area contributed by atoms with E-state index in [2.05, 4.69) is 32.5 Å². The van der Waals surface area contributed by atoms with E-state index in [0.29, 0.717) is 36.5 Å². The van der Waals surface area contributed by atoms with Gasteiger partial charge in [0.15, 0.2) is 0 Å². The van der Waals surface area contributed by atoms with Crippen molar-refractivity contribution >= 4 is 11.9 Å². The Bertz CT molecular complexity index is 416. The monoisotopic (exact) mass is 293 g/mol. The Morgan fingerprint density at radius 3 is 2.52 bits per heavy atom. The highest BCUT2D eigenvalue weighted by Crippen LogP contribution is 2.29. The van der Waals surface area contributed by atoms with Crippen molar-refractivity contribution in [2.45, 2.75) is 58.9 Å². The summed E-state index contributed by atoms with van der Waals surface area (Å²) >= 11 is 0. The quantitative estimate of drug-likeness (QED) is 0.805. The van der Waals surface area contributed by atoms with Gasteiger partial charge in [0.2, 0.25) is 11.9 Å². The molecule has 0 amide bonds. The lowest BCUT2D eigenvalue weighted by molar-refractivity contribution is 0.307. The number of hydrogen-bond acceptors (Lipinski definition) is 6. The van der Waals surface area contributed by atoms with Crippen LogP contribution in [0.2, 0.25) is 0 Å². The molecule has 118 valence electrons. The van der Waals surface area contributed by atoms with E-state index in [1.54, 1.807) is 0 Å². The van der Waals surface area contributed by atoms with E-state index in [-0.39, 0.29) is 0 Å². The first-order chi connectivity index (χ1) is 10.3. The molecule has 1 aromatic heterocycles. The van der Waals surface area contributed by atoms with Gasteiger partial charge in [0.25, 0.3) is 0 Å². The molecule has 2 unspecified atom stereocenters. The predicted octanol–water partition coefficient (Wildman–Crippen LogP) is 3.08. The molecule has 21 heavy (non-hydrogen) atoms. The number of anilines is 2. The number of hydrogen-bond donors (Lipinski definition) is 2. The number of ether oxygens (including phenoxy) is 1. The fraction of sp³-hybridized carbons (Fsp3) is 0.800. The molecule has 0 aliphatic heterocycles. The first kappa shape index (κ1) is 15.8. The van der Waals surface area contributed by atoms with Gasteiger partial charge >= 0.3 is 6.01 Å². The molecule has 6 heteroatoms. The SMILES string of the molecule is CCNc1nc(NC2CCCCC2CC)nc(OCC)n1. The molecule has 2 N–H and O–H groups in total. The van der Waals surface area contributed by atoms with Crippen molar-refractivity contribution in [3.05, 3.63) is 0 Å². The highest BCUT2D eigenvalue weighted by Gasteiger charge is 2.24. The van der Waals surface area contributed by atoms with E-state index >= 15 is 0 Å². The van der Waals surface area contributed by atoms with Crippen molar-refractivity contribution in [3.63, 3.8) is 0 Å². The second-order valence-electron chi connectivity index (χ2n) is 5.43. The molecule has 0 radical (unpaired) electrons. The molecule has 0 bridgehead atoms. The summed E-state index contributed by atoms with van der Waals surface area (Å²) in [7, 11) is 0. The minimum Gasteiger partial charge on any atom is -0.464 e. The smallest absolute Gasteiger partial charge is 0.323 e. The number of aromatic nitrogens is 3. The van der Waals surface area contributed by atoms with Gasteiger partial charge in [-0.3, -0.25) is 0 Å². The molecule has 0 saturated heterocycles. The van der Waals surface area contributed by atoms with Crippen LogP contribution in [0.5, 0.6) is 6.01 Å². The third kappa shape index (κ3) is 4.44. The molecule has 1 heterocycles. The summed E-state index contributed by atoms with van der Waals surface area (Å²) in [6.07, 6.45) is 6.28. The van der Waals surface area contributed by atoms with E-state index in [0.717, 1.165) is 6.54 Å². The Kier molecular flexibility index (Phi) is 6.02. The lowest BCUT2D eigenvalue weighted by atomic mass is 9.83. The molecule has 1 aliphatic rings. The Morgan fingerprint density at radius 1 is 1.05 bits per heavy atom. The summed E-state index contributed by atoms with van der Waals surface area (Å²) in [4.78, 5) is 13.1. The molecule has 1 aliphatic carbocycles. The van der Waals surface area contributed by atoms with Crippen LogP contribution in [0.25, 0.3) is 0 Å². The third-order valence-electron chi connectivity index (χ3n) is 3.97. The maximum Gasteiger partial charge on any atom is 0.323 e. The fourth-order valence-electron chi connectivity index (χ4n) is 2.90. The van der Waals surface area contributed by atoms with E-state index in [1.165, 1.54) is 32.1 Å². The Balaban J connectivity index is 2.13.